The maximum Gasteiger partial charge on any atom is 0.271 e. The van der Waals surface area contributed by atoms with E-state index >= 15 is 0 Å². The van der Waals surface area contributed by atoms with Gasteiger partial charge in [0.2, 0.25) is 6.17 Å². The second-order valence-corrected chi connectivity index (χ2v) is 10.8. The SMILES string of the molecule is C=C(Nc1ccc(N2CCOCC2)c2ccccc12)NC1N=C(c2ccccc2Cl)c2cc(Cl)ccc2N(C)C1=O. The van der Waals surface area contributed by atoms with Crippen molar-refractivity contribution in [1.29, 1.82) is 0 Å². The zero-order valence-electron chi connectivity index (χ0n) is 22.5. The van der Waals surface area contributed by atoms with Gasteiger partial charge in [-0.2, -0.15) is 0 Å². The Morgan fingerprint density at radius 3 is 2.41 bits per heavy atom. The summed E-state index contributed by atoms with van der Waals surface area (Å²) in [6.07, 6.45) is -0.962. The lowest BCUT2D eigenvalue weighted by Gasteiger charge is -2.30. The van der Waals surface area contributed by atoms with Gasteiger partial charge in [-0.25, -0.2) is 4.99 Å². The monoisotopic (exact) mass is 585 g/mol. The van der Waals surface area contributed by atoms with E-state index in [1.54, 1.807) is 30.1 Å². The molecule has 1 fully saturated rings. The number of ether oxygens (including phenoxy) is 1. The van der Waals surface area contributed by atoms with Gasteiger partial charge in [0.05, 0.1) is 30.4 Å². The number of amides is 1. The van der Waals surface area contributed by atoms with Crippen molar-refractivity contribution in [3.05, 3.63) is 112 Å². The molecule has 1 saturated heterocycles. The summed E-state index contributed by atoms with van der Waals surface area (Å²) >= 11 is 13.0. The standard InChI is InChI=1S/C32H29Cl2N5O2/c1-20(35-27-12-14-29(39-15-17-41-18-16-39)23-8-4-3-7-22(23)27)36-31-32(40)38(2)28-13-11-21(33)19-25(28)30(37-31)24-9-5-6-10-26(24)34/h3-14,19,31,35-36H,1,15-18H2,2H3. The predicted molar refractivity (Wildman–Crippen MR) is 169 cm³/mol. The number of anilines is 3. The summed E-state index contributed by atoms with van der Waals surface area (Å²) in [6.45, 7) is 7.32. The first-order valence-electron chi connectivity index (χ1n) is 13.4. The van der Waals surface area contributed by atoms with Crippen molar-refractivity contribution in [3.63, 3.8) is 0 Å². The Kier molecular flexibility index (Phi) is 7.58. The number of fused-ring (bicyclic) bond motifs is 2. The van der Waals surface area contributed by atoms with Crippen molar-refractivity contribution < 1.29 is 9.53 Å². The number of aliphatic imine (C=N–C) groups is 1. The van der Waals surface area contributed by atoms with Crippen LogP contribution in [0.15, 0.2) is 96.3 Å². The van der Waals surface area contributed by atoms with Crippen LogP contribution < -0.4 is 20.4 Å². The third-order valence-electron chi connectivity index (χ3n) is 7.38. The van der Waals surface area contributed by atoms with Gasteiger partial charge in [-0.15, -0.1) is 0 Å². The largest absolute Gasteiger partial charge is 0.378 e. The van der Waals surface area contributed by atoms with Crippen LogP contribution in [0.3, 0.4) is 0 Å². The van der Waals surface area contributed by atoms with E-state index in [1.165, 1.54) is 5.69 Å². The molecule has 2 N–H and O–H groups in total. The Hall–Kier alpha value is -4.04. The Morgan fingerprint density at radius 1 is 0.927 bits per heavy atom. The van der Waals surface area contributed by atoms with E-state index in [4.69, 9.17) is 32.9 Å². The van der Waals surface area contributed by atoms with Crippen molar-refractivity contribution in [2.24, 2.45) is 4.99 Å². The minimum absolute atomic E-state index is 0.244. The molecule has 7 nitrogen and oxygen atoms in total. The number of likely N-dealkylation sites (N-methyl/N-ethyl adjacent to an activating group) is 1. The van der Waals surface area contributed by atoms with E-state index in [0.29, 0.717) is 51.6 Å². The third-order valence-corrected chi connectivity index (χ3v) is 7.94. The van der Waals surface area contributed by atoms with Crippen molar-refractivity contribution in [3.8, 4) is 0 Å². The van der Waals surface area contributed by atoms with Crippen molar-refractivity contribution in [1.82, 2.24) is 5.32 Å². The summed E-state index contributed by atoms with van der Waals surface area (Å²) in [4.78, 5) is 22.5. The van der Waals surface area contributed by atoms with Crippen LogP contribution in [-0.4, -0.2) is 51.1 Å². The first-order chi connectivity index (χ1) is 19.9. The molecule has 2 aliphatic heterocycles. The van der Waals surface area contributed by atoms with Crippen LogP contribution in [0.25, 0.3) is 10.8 Å². The fraction of sp³-hybridized carbons (Fsp3) is 0.188. The Morgan fingerprint density at radius 2 is 1.63 bits per heavy atom. The molecule has 2 aliphatic rings. The summed E-state index contributed by atoms with van der Waals surface area (Å²) in [5, 5.41) is 9.83. The van der Waals surface area contributed by atoms with E-state index in [-0.39, 0.29) is 5.91 Å². The summed E-state index contributed by atoms with van der Waals surface area (Å²) in [6, 6.07) is 25.2. The Bertz CT molecular complexity index is 1680. The first kappa shape index (κ1) is 27.1. The molecule has 0 aliphatic carbocycles. The highest BCUT2D eigenvalue weighted by atomic mass is 35.5. The number of benzene rings is 4. The van der Waals surface area contributed by atoms with Crippen LogP contribution in [-0.2, 0) is 9.53 Å². The lowest BCUT2D eigenvalue weighted by atomic mass is 10.00. The quantitative estimate of drug-likeness (QED) is 0.278. The summed E-state index contributed by atoms with van der Waals surface area (Å²) in [5.41, 5.74) is 4.71. The molecule has 41 heavy (non-hydrogen) atoms. The number of halogens is 2. The Labute approximate surface area is 249 Å². The molecule has 4 aromatic carbocycles. The van der Waals surface area contributed by atoms with Gasteiger partial charge < -0.3 is 25.2 Å². The molecule has 1 amide bonds. The fourth-order valence-electron chi connectivity index (χ4n) is 5.34. The molecule has 1 unspecified atom stereocenters. The van der Waals surface area contributed by atoms with Crippen LogP contribution in [0.2, 0.25) is 10.0 Å². The number of nitrogens with zero attached hydrogens (tertiary/aromatic N) is 3. The van der Waals surface area contributed by atoms with Crippen molar-refractivity contribution >= 4 is 62.7 Å². The number of rotatable bonds is 6. The molecule has 9 heteroatoms. The number of carbonyl (C=O) groups is 1. The molecular weight excluding hydrogens is 557 g/mol. The first-order valence-corrected chi connectivity index (χ1v) is 14.1. The van der Waals surface area contributed by atoms with Gasteiger partial charge in [0.1, 0.15) is 0 Å². The van der Waals surface area contributed by atoms with E-state index < -0.39 is 6.17 Å². The summed E-state index contributed by atoms with van der Waals surface area (Å²) in [5.74, 6) is 0.193. The molecule has 208 valence electrons. The molecule has 0 spiro atoms. The summed E-state index contributed by atoms with van der Waals surface area (Å²) < 4.78 is 5.55. The lowest BCUT2D eigenvalue weighted by Crippen LogP contribution is -2.44. The Balaban J connectivity index is 1.33. The maximum absolute atomic E-state index is 13.7. The topological polar surface area (TPSA) is 69.2 Å². The molecule has 0 aromatic heterocycles. The van der Waals surface area contributed by atoms with Crippen LogP contribution in [0.5, 0.6) is 0 Å². The van der Waals surface area contributed by atoms with Gasteiger partial charge in [-0.1, -0.05) is 72.2 Å². The zero-order valence-corrected chi connectivity index (χ0v) is 24.0. The predicted octanol–water partition coefficient (Wildman–Crippen LogP) is 6.30. The van der Waals surface area contributed by atoms with E-state index in [1.807, 2.05) is 42.5 Å². The van der Waals surface area contributed by atoms with Crippen LogP contribution in [0, 0.1) is 0 Å². The minimum atomic E-state index is -0.962. The van der Waals surface area contributed by atoms with Gasteiger partial charge in [-0.05, 0) is 36.4 Å². The van der Waals surface area contributed by atoms with Crippen molar-refractivity contribution in [2.45, 2.75) is 6.17 Å². The lowest BCUT2D eigenvalue weighted by molar-refractivity contribution is -0.119. The van der Waals surface area contributed by atoms with Crippen molar-refractivity contribution in [2.75, 3.05) is 48.5 Å². The molecule has 6 rings (SSSR count). The number of carbonyl (C=O) groups excluding carboxylic acids is 1. The minimum Gasteiger partial charge on any atom is -0.378 e. The normalized spacial score (nSPS) is 17.1. The molecule has 2 heterocycles. The average molecular weight is 587 g/mol. The van der Waals surface area contributed by atoms with Gasteiger partial charge in [0.25, 0.3) is 5.91 Å². The smallest absolute Gasteiger partial charge is 0.271 e. The molecular formula is C32H29Cl2N5O2. The molecule has 1 atom stereocenters. The highest BCUT2D eigenvalue weighted by molar-refractivity contribution is 6.37. The number of hydrogen-bond donors (Lipinski definition) is 2. The second kappa shape index (κ2) is 11.4. The number of nitrogens with one attached hydrogen (secondary N) is 2. The fourth-order valence-corrected chi connectivity index (χ4v) is 5.74. The van der Waals surface area contributed by atoms with Crippen LogP contribution >= 0.6 is 23.2 Å². The van der Waals surface area contributed by atoms with Gasteiger partial charge in [0, 0.05) is 63.5 Å². The molecule has 0 bridgehead atoms. The molecule has 0 saturated carbocycles. The highest BCUT2D eigenvalue weighted by Gasteiger charge is 2.31. The van der Waals surface area contributed by atoms with Gasteiger partial charge in [-0.3, -0.25) is 4.79 Å². The number of benzodiazepines with no additional fused rings is 1. The van der Waals surface area contributed by atoms with E-state index in [0.717, 1.165) is 29.5 Å². The average Bonchev–Trinajstić information content (AvgIpc) is 3.08. The van der Waals surface area contributed by atoms with E-state index in [9.17, 15) is 4.79 Å². The summed E-state index contributed by atoms with van der Waals surface area (Å²) in [7, 11) is 1.73. The second-order valence-electron chi connectivity index (χ2n) is 9.94. The zero-order chi connectivity index (χ0) is 28.5. The highest BCUT2D eigenvalue weighted by Crippen LogP contribution is 2.34. The molecule has 4 aromatic rings. The maximum atomic E-state index is 13.7. The van der Waals surface area contributed by atoms with Gasteiger partial charge in [0.15, 0.2) is 0 Å². The van der Waals surface area contributed by atoms with Crippen LogP contribution in [0.4, 0.5) is 17.1 Å². The van der Waals surface area contributed by atoms with E-state index in [2.05, 4.69) is 40.3 Å². The number of morpholine rings is 1. The van der Waals surface area contributed by atoms with Gasteiger partial charge >= 0.3 is 0 Å². The van der Waals surface area contributed by atoms with Crippen LogP contribution in [0.1, 0.15) is 11.1 Å². The third kappa shape index (κ3) is 5.36. The molecule has 0 radical (unpaired) electrons. The number of hydrogen-bond acceptors (Lipinski definition) is 6.